The highest BCUT2D eigenvalue weighted by molar-refractivity contribution is 7.13. The summed E-state index contributed by atoms with van der Waals surface area (Å²) in [5.74, 6) is -0.334. The van der Waals surface area contributed by atoms with Crippen LogP contribution < -0.4 is 10.6 Å². The van der Waals surface area contributed by atoms with Gasteiger partial charge in [0.2, 0.25) is 0 Å². The van der Waals surface area contributed by atoms with Gasteiger partial charge in [-0.05, 0) is 32.1 Å². The number of aromatic nitrogens is 3. The Kier molecular flexibility index (Phi) is 6.05. The van der Waals surface area contributed by atoms with Gasteiger partial charge in [-0.1, -0.05) is 12.8 Å². The third-order valence-corrected chi connectivity index (χ3v) is 6.30. The Morgan fingerprint density at radius 1 is 1.34 bits per heavy atom. The molecule has 1 fully saturated rings. The summed E-state index contributed by atoms with van der Waals surface area (Å²) in [6, 6.07) is 0. The van der Waals surface area contributed by atoms with E-state index in [1.165, 1.54) is 22.6 Å². The third kappa shape index (κ3) is 4.11. The molecular weight excluding hydrogens is 388 g/mol. The lowest BCUT2D eigenvalue weighted by Crippen LogP contribution is -2.33. The minimum Gasteiger partial charge on any atom is -0.388 e. The van der Waals surface area contributed by atoms with Crippen molar-refractivity contribution in [2.75, 3.05) is 13.7 Å². The number of allylic oxidation sites excluding steroid dienone is 1. The van der Waals surface area contributed by atoms with Crippen LogP contribution in [-0.4, -0.2) is 47.1 Å². The number of ether oxygens (including phenoxy) is 1. The molecule has 1 aliphatic carbocycles. The van der Waals surface area contributed by atoms with Crippen molar-refractivity contribution in [2.24, 2.45) is 0 Å². The maximum Gasteiger partial charge on any atom is 0.275 e. The normalized spacial score (nSPS) is 19.8. The first-order valence-electron chi connectivity index (χ1n) is 10.1. The first kappa shape index (κ1) is 19.8. The largest absolute Gasteiger partial charge is 0.388 e. The van der Waals surface area contributed by atoms with Gasteiger partial charge in [-0.2, -0.15) is 5.10 Å². The van der Waals surface area contributed by atoms with E-state index in [0.717, 1.165) is 67.6 Å². The molecule has 1 atom stereocenters. The molecule has 0 radical (unpaired) electrons. The summed E-state index contributed by atoms with van der Waals surface area (Å²) < 4.78 is 5.92. The van der Waals surface area contributed by atoms with Gasteiger partial charge in [0, 0.05) is 36.5 Å². The predicted molar refractivity (Wildman–Crippen MR) is 112 cm³/mol. The molecule has 4 N–H and O–H groups in total. The average Bonchev–Trinajstić information content (AvgIpc) is 3.42. The van der Waals surface area contributed by atoms with E-state index in [2.05, 4.69) is 25.8 Å². The van der Waals surface area contributed by atoms with Crippen molar-refractivity contribution in [1.82, 2.24) is 25.8 Å². The van der Waals surface area contributed by atoms with Crippen LogP contribution in [-0.2, 0) is 17.6 Å². The molecule has 1 unspecified atom stereocenters. The number of nitrogens with zero attached hydrogens (tertiary/aromatic N) is 2. The summed E-state index contributed by atoms with van der Waals surface area (Å²) in [5, 5.41) is 23.7. The first-order valence-corrected chi connectivity index (χ1v) is 11.0. The average molecular weight is 415 g/mol. The van der Waals surface area contributed by atoms with E-state index in [9.17, 15) is 4.79 Å². The molecule has 0 spiro atoms. The maximum absolute atomic E-state index is 12.8. The van der Waals surface area contributed by atoms with Gasteiger partial charge in [-0.3, -0.25) is 9.89 Å². The molecule has 0 aromatic carbocycles. The van der Waals surface area contributed by atoms with E-state index < -0.39 is 0 Å². The molecule has 3 heterocycles. The smallest absolute Gasteiger partial charge is 0.275 e. The maximum atomic E-state index is 12.8. The molecule has 2 aromatic heterocycles. The van der Waals surface area contributed by atoms with Crippen LogP contribution in [0.25, 0.3) is 10.7 Å². The molecule has 2 aromatic rings. The zero-order valence-corrected chi connectivity index (χ0v) is 17.3. The van der Waals surface area contributed by atoms with Crippen LogP contribution in [0.5, 0.6) is 0 Å². The number of nitrogens with one attached hydrogen (secondary N) is 4. The van der Waals surface area contributed by atoms with Crippen LogP contribution in [0.15, 0.2) is 16.8 Å². The Balaban J connectivity index is 1.53. The number of hydrogen-bond acceptors (Lipinski definition) is 7. The van der Waals surface area contributed by atoms with Crippen molar-refractivity contribution in [3.8, 4) is 10.7 Å². The molecule has 8 nitrogen and oxygen atoms in total. The number of likely N-dealkylation sites (N-methyl/N-ethyl adjacent to an activating group) is 1. The van der Waals surface area contributed by atoms with Crippen LogP contribution in [0.4, 0.5) is 0 Å². The Labute approximate surface area is 173 Å². The summed E-state index contributed by atoms with van der Waals surface area (Å²) in [6.45, 7) is 0.693. The fourth-order valence-electron chi connectivity index (χ4n) is 3.96. The number of rotatable bonds is 6. The second-order valence-corrected chi connectivity index (χ2v) is 8.16. The van der Waals surface area contributed by atoms with Crippen LogP contribution in [0.3, 0.4) is 0 Å². The minimum absolute atomic E-state index is 0.142. The SMILES string of the molecule is CN/C(=C(\C=N)NC(=O)c1csc(-c2n[nH]c3c2CCC3)n1)C1CCCCCO1. The fraction of sp³-hybridized carbons (Fsp3) is 0.500. The quantitative estimate of drug-likeness (QED) is 0.543. The number of fused-ring (bicyclic) bond motifs is 1. The Morgan fingerprint density at radius 3 is 3.07 bits per heavy atom. The lowest BCUT2D eigenvalue weighted by atomic mass is 10.1. The van der Waals surface area contributed by atoms with E-state index in [1.807, 2.05) is 0 Å². The van der Waals surface area contributed by atoms with Crippen LogP contribution in [0, 0.1) is 5.41 Å². The number of carbonyl (C=O) groups is 1. The van der Waals surface area contributed by atoms with E-state index in [4.69, 9.17) is 10.1 Å². The van der Waals surface area contributed by atoms with Crippen LogP contribution in [0.1, 0.15) is 53.8 Å². The zero-order chi connectivity index (χ0) is 20.2. The number of H-pyrrole nitrogens is 1. The molecule has 1 saturated heterocycles. The van der Waals surface area contributed by atoms with Gasteiger partial charge in [0.25, 0.3) is 5.91 Å². The number of amides is 1. The van der Waals surface area contributed by atoms with Crippen molar-refractivity contribution < 1.29 is 9.53 Å². The number of carbonyl (C=O) groups excluding carboxylic acids is 1. The standard InChI is InChI=1S/C20H26N6O2S/c1-22-18(16-8-3-2-4-9-28-16)14(10-21)23-19(27)15-11-29-20(24-15)17-12-6-5-7-13(12)25-26-17/h10-11,16,21-22H,2-9H2,1H3,(H,23,27)(H,25,26)/b18-14+,21-10?. The minimum atomic E-state index is -0.334. The molecule has 2 aliphatic rings. The van der Waals surface area contributed by atoms with Gasteiger partial charge in [-0.15, -0.1) is 11.3 Å². The topological polar surface area (TPSA) is 116 Å². The predicted octanol–water partition coefficient (Wildman–Crippen LogP) is 2.79. The zero-order valence-electron chi connectivity index (χ0n) is 16.5. The van der Waals surface area contributed by atoms with Gasteiger partial charge in [0.05, 0.1) is 17.5 Å². The molecule has 1 amide bonds. The Hall–Kier alpha value is -2.52. The number of aryl methyl sites for hydroxylation is 1. The molecule has 154 valence electrons. The van der Waals surface area contributed by atoms with Crippen molar-refractivity contribution in [3.63, 3.8) is 0 Å². The second-order valence-electron chi connectivity index (χ2n) is 7.31. The summed E-state index contributed by atoms with van der Waals surface area (Å²) >= 11 is 1.41. The van der Waals surface area contributed by atoms with Crippen LogP contribution >= 0.6 is 11.3 Å². The van der Waals surface area contributed by atoms with Gasteiger partial charge < -0.3 is 20.8 Å². The number of hydrogen-bond donors (Lipinski definition) is 4. The number of thiazole rings is 1. The molecule has 0 bridgehead atoms. The van der Waals surface area contributed by atoms with Gasteiger partial charge in [-0.25, -0.2) is 4.98 Å². The third-order valence-electron chi connectivity index (χ3n) is 5.45. The monoisotopic (exact) mass is 414 g/mol. The van der Waals surface area contributed by atoms with Crippen molar-refractivity contribution >= 4 is 23.5 Å². The fourth-order valence-corrected chi connectivity index (χ4v) is 4.78. The van der Waals surface area contributed by atoms with E-state index in [-0.39, 0.29) is 12.0 Å². The lowest BCUT2D eigenvalue weighted by Gasteiger charge is -2.21. The lowest BCUT2D eigenvalue weighted by molar-refractivity contribution is 0.0785. The van der Waals surface area contributed by atoms with E-state index in [1.54, 1.807) is 12.4 Å². The summed E-state index contributed by atoms with van der Waals surface area (Å²) in [7, 11) is 1.79. The molecule has 29 heavy (non-hydrogen) atoms. The van der Waals surface area contributed by atoms with E-state index >= 15 is 0 Å². The van der Waals surface area contributed by atoms with Gasteiger partial charge in [0.15, 0.2) is 0 Å². The summed E-state index contributed by atoms with van der Waals surface area (Å²) in [4.78, 5) is 17.3. The van der Waals surface area contributed by atoms with Crippen molar-refractivity contribution in [1.29, 1.82) is 5.41 Å². The summed E-state index contributed by atoms with van der Waals surface area (Å²) in [5.41, 5.74) is 4.73. The molecule has 4 rings (SSSR count). The highest BCUT2D eigenvalue weighted by Gasteiger charge is 2.24. The van der Waals surface area contributed by atoms with Crippen molar-refractivity contribution in [3.05, 3.63) is 33.7 Å². The Morgan fingerprint density at radius 2 is 2.24 bits per heavy atom. The van der Waals surface area contributed by atoms with Gasteiger partial charge in [0.1, 0.15) is 16.4 Å². The van der Waals surface area contributed by atoms with Gasteiger partial charge >= 0.3 is 0 Å². The molecule has 0 saturated carbocycles. The highest BCUT2D eigenvalue weighted by atomic mass is 32.1. The number of aromatic amines is 1. The second kappa shape index (κ2) is 8.87. The Bertz CT molecular complexity index is 923. The molecule has 9 heteroatoms. The molecule has 1 aliphatic heterocycles. The van der Waals surface area contributed by atoms with E-state index in [0.29, 0.717) is 18.0 Å². The first-order chi connectivity index (χ1) is 14.2. The molecular formula is C20H26N6O2S. The van der Waals surface area contributed by atoms with Crippen LogP contribution in [0.2, 0.25) is 0 Å². The van der Waals surface area contributed by atoms with Crippen molar-refractivity contribution in [2.45, 2.75) is 51.0 Å². The highest BCUT2D eigenvalue weighted by Crippen LogP contribution is 2.32. The summed E-state index contributed by atoms with van der Waals surface area (Å²) in [6.07, 6.45) is 8.27.